The first kappa shape index (κ1) is 14.4. The number of nitrogens with zero attached hydrogens (tertiary/aromatic N) is 2. The Morgan fingerprint density at radius 1 is 1.33 bits per heavy atom. The molecule has 2 aliphatic rings. The topological polar surface area (TPSA) is 63.3 Å². The van der Waals surface area contributed by atoms with Crippen LogP contribution in [0.25, 0.3) is 0 Å². The van der Waals surface area contributed by atoms with Crippen LogP contribution in [0.5, 0.6) is 0 Å². The van der Waals surface area contributed by atoms with Gasteiger partial charge in [-0.1, -0.05) is 12.5 Å². The Balaban J connectivity index is 1.32. The van der Waals surface area contributed by atoms with Gasteiger partial charge in [-0.2, -0.15) is 0 Å². The van der Waals surface area contributed by atoms with Crippen molar-refractivity contribution < 1.29 is 0 Å². The normalized spacial score (nSPS) is 28.0. The number of hydrogen-bond acceptors (Lipinski definition) is 2. The van der Waals surface area contributed by atoms with Gasteiger partial charge in [-0.05, 0) is 55.6 Å². The predicted octanol–water partition coefficient (Wildman–Crippen LogP) is 2.35. The Hall–Kier alpha value is -1.58. The van der Waals surface area contributed by atoms with E-state index < -0.39 is 0 Å². The lowest BCUT2D eigenvalue weighted by Gasteiger charge is -2.20. The Labute approximate surface area is 127 Å². The second-order valence-corrected chi connectivity index (χ2v) is 6.49. The zero-order valence-corrected chi connectivity index (χ0v) is 12.7. The first-order chi connectivity index (χ1) is 10.3. The second kappa shape index (κ2) is 6.92. The van der Waals surface area contributed by atoms with Crippen LogP contribution in [0, 0.1) is 17.8 Å². The van der Waals surface area contributed by atoms with Crippen molar-refractivity contribution in [2.45, 2.75) is 38.5 Å². The Morgan fingerprint density at radius 3 is 3.00 bits per heavy atom. The van der Waals surface area contributed by atoms with Gasteiger partial charge in [-0.3, -0.25) is 9.98 Å². The van der Waals surface area contributed by atoms with E-state index in [1.165, 1.54) is 32.1 Å². The van der Waals surface area contributed by atoms with Gasteiger partial charge in [0, 0.05) is 31.4 Å². The van der Waals surface area contributed by atoms with Crippen molar-refractivity contribution in [1.29, 1.82) is 0 Å². The van der Waals surface area contributed by atoms with Crippen molar-refractivity contribution in [3.05, 3.63) is 30.1 Å². The number of aromatic nitrogens is 1. The molecule has 1 heterocycles. The highest BCUT2D eigenvalue weighted by atomic mass is 15.1. The predicted molar refractivity (Wildman–Crippen MR) is 86.0 cm³/mol. The highest BCUT2D eigenvalue weighted by Crippen LogP contribution is 2.49. The monoisotopic (exact) mass is 286 g/mol. The highest BCUT2D eigenvalue weighted by Gasteiger charge is 2.38. The Bertz CT molecular complexity index is 471. The lowest BCUT2D eigenvalue weighted by molar-refractivity contribution is 0.318. The molecule has 0 aliphatic heterocycles. The molecule has 0 amide bonds. The molecule has 3 unspecified atom stereocenters. The van der Waals surface area contributed by atoms with E-state index in [1.807, 2.05) is 24.4 Å². The molecule has 2 bridgehead atoms. The van der Waals surface area contributed by atoms with E-state index in [1.54, 1.807) is 0 Å². The van der Waals surface area contributed by atoms with Crippen LogP contribution in [0.2, 0.25) is 0 Å². The molecular weight excluding hydrogens is 260 g/mol. The molecule has 1 aromatic rings. The first-order valence-electron chi connectivity index (χ1n) is 8.25. The van der Waals surface area contributed by atoms with Gasteiger partial charge in [-0.25, -0.2) is 0 Å². The molecule has 2 aliphatic carbocycles. The van der Waals surface area contributed by atoms with Gasteiger partial charge in [0.1, 0.15) is 0 Å². The summed E-state index contributed by atoms with van der Waals surface area (Å²) in [6, 6.07) is 5.97. The van der Waals surface area contributed by atoms with Crippen LogP contribution in [0.4, 0.5) is 0 Å². The van der Waals surface area contributed by atoms with Crippen molar-refractivity contribution >= 4 is 5.96 Å². The Morgan fingerprint density at radius 2 is 2.29 bits per heavy atom. The highest BCUT2D eigenvalue weighted by molar-refractivity contribution is 5.77. The maximum absolute atomic E-state index is 5.92. The van der Waals surface area contributed by atoms with Crippen LogP contribution in [-0.2, 0) is 6.42 Å². The summed E-state index contributed by atoms with van der Waals surface area (Å²) < 4.78 is 0. The number of hydrogen-bond donors (Lipinski definition) is 2. The number of nitrogens with one attached hydrogen (secondary N) is 1. The van der Waals surface area contributed by atoms with Crippen molar-refractivity contribution in [2.24, 2.45) is 28.5 Å². The number of pyridine rings is 1. The summed E-state index contributed by atoms with van der Waals surface area (Å²) in [5.74, 6) is 3.50. The number of aliphatic imine (C=N–C) groups is 1. The molecule has 3 N–H and O–H groups in total. The van der Waals surface area contributed by atoms with Crippen molar-refractivity contribution in [2.75, 3.05) is 13.1 Å². The van der Waals surface area contributed by atoms with E-state index in [2.05, 4.69) is 15.3 Å². The lowest BCUT2D eigenvalue weighted by atomic mass is 9.86. The summed E-state index contributed by atoms with van der Waals surface area (Å²) in [6.07, 6.45) is 9.76. The molecule has 4 heteroatoms. The molecule has 114 valence electrons. The molecule has 0 spiro atoms. The second-order valence-electron chi connectivity index (χ2n) is 6.49. The summed E-state index contributed by atoms with van der Waals surface area (Å²) >= 11 is 0. The van der Waals surface area contributed by atoms with E-state index in [-0.39, 0.29) is 0 Å². The number of rotatable bonds is 6. The summed E-state index contributed by atoms with van der Waals surface area (Å²) in [6.45, 7) is 1.66. The molecular formula is C17H26N4. The van der Waals surface area contributed by atoms with E-state index in [4.69, 9.17) is 5.73 Å². The minimum absolute atomic E-state index is 0.578. The van der Waals surface area contributed by atoms with Crippen LogP contribution in [0.3, 0.4) is 0 Å². The fourth-order valence-corrected chi connectivity index (χ4v) is 4.00. The zero-order chi connectivity index (χ0) is 14.5. The quantitative estimate of drug-likeness (QED) is 0.623. The molecule has 3 rings (SSSR count). The summed E-state index contributed by atoms with van der Waals surface area (Å²) in [7, 11) is 0. The molecule has 4 nitrogen and oxygen atoms in total. The van der Waals surface area contributed by atoms with Crippen molar-refractivity contribution in [1.82, 2.24) is 10.3 Å². The third-order valence-electron chi connectivity index (χ3n) is 5.08. The maximum Gasteiger partial charge on any atom is 0.188 e. The average Bonchev–Trinajstić information content (AvgIpc) is 3.11. The summed E-state index contributed by atoms with van der Waals surface area (Å²) in [4.78, 5) is 8.76. The third-order valence-corrected chi connectivity index (χ3v) is 5.08. The van der Waals surface area contributed by atoms with Gasteiger partial charge in [0.05, 0.1) is 0 Å². The van der Waals surface area contributed by atoms with Crippen molar-refractivity contribution in [3.63, 3.8) is 0 Å². The van der Waals surface area contributed by atoms with Gasteiger partial charge in [-0.15, -0.1) is 0 Å². The third kappa shape index (κ3) is 3.96. The molecule has 0 saturated heterocycles. The van der Waals surface area contributed by atoms with E-state index in [0.717, 1.165) is 43.0 Å². The molecule has 2 saturated carbocycles. The van der Waals surface area contributed by atoms with Crippen LogP contribution in [0.15, 0.2) is 29.4 Å². The van der Waals surface area contributed by atoms with Gasteiger partial charge >= 0.3 is 0 Å². The van der Waals surface area contributed by atoms with Crippen LogP contribution in [-0.4, -0.2) is 24.0 Å². The minimum atomic E-state index is 0.578. The molecule has 0 aromatic carbocycles. The van der Waals surface area contributed by atoms with Crippen molar-refractivity contribution in [3.8, 4) is 0 Å². The number of fused-ring (bicyclic) bond motifs is 2. The fourth-order valence-electron chi connectivity index (χ4n) is 4.00. The summed E-state index contributed by atoms with van der Waals surface area (Å²) in [5, 5.41) is 3.18. The largest absolute Gasteiger partial charge is 0.370 e. The van der Waals surface area contributed by atoms with Crippen LogP contribution >= 0.6 is 0 Å². The molecule has 2 fully saturated rings. The standard InChI is InChI=1S/C17H26N4/c18-17(21-10-7-16-3-1-2-8-19-16)20-9-6-15-12-13-4-5-14(15)11-13/h1-3,8,13-15H,4-7,9-12H2,(H3,18,20,21). The van der Waals surface area contributed by atoms with E-state index >= 15 is 0 Å². The maximum atomic E-state index is 5.92. The summed E-state index contributed by atoms with van der Waals surface area (Å²) in [5.41, 5.74) is 7.00. The van der Waals surface area contributed by atoms with Gasteiger partial charge in [0.25, 0.3) is 0 Å². The smallest absolute Gasteiger partial charge is 0.188 e. The fraction of sp³-hybridized carbons (Fsp3) is 0.647. The van der Waals surface area contributed by atoms with E-state index in [9.17, 15) is 0 Å². The average molecular weight is 286 g/mol. The first-order valence-corrected chi connectivity index (χ1v) is 8.25. The molecule has 0 radical (unpaired) electrons. The molecule has 1 aromatic heterocycles. The Kier molecular flexibility index (Phi) is 4.73. The van der Waals surface area contributed by atoms with Gasteiger partial charge in [0.2, 0.25) is 0 Å². The number of nitrogens with two attached hydrogens (primary N) is 1. The van der Waals surface area contributed by atoms with Crippen LogP contribution in [0.1, 0.15) is 37.8 Å². The number of guanidine groups is 1. The van der Waals surface area contributed by atoms with Gasteiger partial charge in [0.15, 0.2) is 5.96 Å². The van der Waals surface area contributed by atoms with E-state index in [0.29, 0.717) is 5.96 Å². The molecule has 21 heavy (non-hydrogen) atoms. The SMILES string of the molecule is NC(=NCCC1CC2CCC1C2)NCCc1ccccn1. The van der Waals surface area contributed by atoms with Crippen LogP contribution < -0.4 is 11.1 Å². The molecule has 3 atom stereocenters. The minimum Gasteiger partial charge on any atom is -0.370 e. The zero-order valence-electron chi connectivity index (χ0n) is 12.7. The van der Waals surface area contributed by atoms with Gasteiger partial charge < -0.3 is 11.1 Å². The lowest BCUT2D eigenvalue weighted by Crippen LogP contribution is -2.33.